The first-order valence-electron chi connectivity index (χ1n) is 14.1. The molecular formula is C30H44FN7O5. The lowest BCUT2D eigenvalue weighted by Crippen LogP contribution is -2.26. The second-order valence-electron chi connectivity index (χ2n) is 10.2. The van der Waals surface area contributed by atoms with Crippen molar-refractivity contribution in [3.8, 4) is 0 Å². The maximum atomic E-state index is 14.3. The molecule has 0 aliphatic rings. The number of halogens is 1. The number of carbonyl (C=O) groups is 3. The molecule has 43 heavy (non-hydrogen) atoms. The minimum Gasteiger partial charge on any atom is -0.465 e. The minimum atomic E-state index is -0.907. The molecular weight excluding hydrogens is 557 g/mol. The summed E-state index contributed by atoms with van der Waals surface area (Å²) < 4.78 is 15.7. The predicted octanol–water partition coefficient (Wildman–Crippen LogP) is 4.51. The lowest BCUT2D eigenvalue weighted by Gasteiger charge is -2.08. The Morgan fingerprint density at radius 3 is 2.40 bits per heavy atom. The van der Waals surface area contributed by atoms with E-state index in [0.717, 1.165) is 4.90 Å². The molecule has 13 heteroatoms. The van der Waals surface area contributed by atoms with Crippen molar-refractivity contribution in [3.63, 3.8) is 0 Å². The van der Waals surface area contributed by atoms with Crippen LogP contribution >= 0.6 is 0 Å². The number of anilines is 1. The Labute approximate surface area is 251 Å². The number of nitrogens with one attached hydrogen (secondary N) is 2. The van der Waals surface area contributed by atoms with Gasteiger partial charge >= 0.3 is 6.09 Å². The zero-order valence-corrected chi connectivity index (χ0v) is 26.3. The third kappa shape index (κ3) is 12.1. The Kier molecular flexibility index (Phi) is 15.3. The maximum absolute atomic E-state index is 14.3. The number of nitrogens with zero attached hydrogens (tertiary/aromatic N) is 5. The Morgan fingerprint density at radius 1 is 1.16 bits per heavy atom. The van der Waals surface area contributed by atoms with Gasteiger partial charge in [0.25, 0.3) is 5.56 Å². The summed E-state index contributed by atoms with van der Waals surface area (Å²) in [7, 11) is 6.29. The van der Waals surface area contributed by atoms with Crippen molar-refractivity contribution in [2.75, 3.05) is 33.5 Å². The molecule has 3 aromatic heterocycles. The first-order valence-corrected chi connectivity index (χ1v) is 14.1. The standard InChI is InChI=1S/C25H31FN6O3.C3H7NO2.C2H6/c1-16(2)13-17-18(26)14-27-24-23(17)29-20(30-24)15-32-12-8-9-19(25(32)35)28-21(33)10-6-5-7-11-22(34)31(3)4;1-4(2)3(5)6;1-2/h7-9,11-12,14,16H,5-6,10,13,15H2,1-4H3,(H,28,33)(H,27,29,30);1-2H3,(H,5,6);1-2H3/b11-7+;;. The number of H-pyrrole nitrogens is 1. The molecule has 0 aliphatic carbocycles. The van der Waals surface area contributed by atoms with Crippen LogP contribution in [0, 0.1) is 11.7 Å². The number of likely N-dealkylation sites (N-methyl/N-ethyl adjacent to an activating group) is 1. The van der Waals surface area contributed by atoms with Crippen LogP contribution in [0.5, 0.6) is 0 Å². The van der Waals surface area contributed by atoms with Crippen LogP contribution < -0.4 is 10.9 Å². The zero-order valence-electron chi connectivity index (χ0n) is 26.3. The van der Waals surface area contributed by atoms with Gasteiger partial charge in [-0.3, -0.25) is 14.4 Å². The van der Waals surface area contributed by atoms with Gasteiger partial charge in [0.1, 0.15) is 17.3 Å². The van der Waals surface area contributed by atoms with Crippen LogP contribution in [0.2, 0.25) is 0 Å². The molecule has 0 spiro atoms. The number of carboxylic acid groups (broad SMARTS) is 1. The van der Waals surface area contributed by atoms with E-state index in [9.17, 15) is 23.6 Å². The highest BCUT2D eigenvalue weighted by molar-refractivity contribution is 5.90. The van der Waals surface area contributed by atoms with Crippen molar-refractivity contribution in [2.24, 2.45) is 5.92 Å². The summed E-state index contributed by atoms with van der Waals surface area (Å²) in [6, 6.07) is 3.21. The number of pyridine rings is 2. The van der Waals surface area contributed by atoms with E-state index in [1.54, 1.807) is 38.5 Å². The van der Waals surface area contributed by atoms with Crippen LogP contribution in [0.3, 0.4) is 0 Å². The van der Waals surface area contributed by atoms with Crippen molar-refractivity contribution in [2.45, 2.75) is 59.9 Å². The quantitative estimate of drug-likeness (QED) is 0.228. The molecule has 3 heterocycles. The first-order chi connectivity index (χ1) is 20.3. The summed E-state index contributed by atoms with van der Waals surface area (Å²) in [6.07, 6.45) is 6.94. The van der Waals surface area contributed by atoms with E-state index >= 15 is 0 Å². The molecule has 0 bridgehead atoms. The highest BCUT2D eigenvalue weighted by Crippen LogP contribution is 2.21. The third-order valence-electron chi connectivity index (χ3n) is 5.71. The Bertz CT molecular complexity index is 1440. The largest absolute Gasteiger partial charge is 0.465 e. The fraction of sp³-hybridized carbons (Fsp3) is 0.467. The molecule has 0 aromatic carbocycles. The highest BCUT2D eigenvalue weighted by Gasteiger charge is 2.15. The van der Waals surface area contributed by atoms with Crippen LogP contribution in [-0.4, -0.2) is 80.5 Å². The van der Waals surface area contributed by atoms with Crippen molar-refractivity contribution < 1.29 is 23.9 Å². The van der Waals surface area contributed by atoms with Gasteiger partial charge in [0.15, 0.2) is 5.65 Å². The average Bonchev–Trinajstić information content (AvgIpc) is 3.36. The Balaban J connectivity index is 0.00000103. The number of allylic oxidation sites excluding steroid dienone is 1. The number of amides is 3. The summed E-state index contributed by atoms with van der Waals surface area (Å²) in [4.78, 5) is 60.4. The normalized spacial score (nSPS) is 10.6. The summed E-state index contributed by atoms with van der Waals surface area (Å²) in [5.41, 5.74) is 1.25. The molecule has 0 saturated heterocycles. The van der Waals surface area contributed by atoms with Gasteiger partial charge in [-0.2, -0.15) is 0 Å². The lowest BCUT2D eigenvalue weighted by atomic mass is 10.0. The fourth-order valence-corrected chi connectivity index (χ4v) is 3.56. The van der Waals surface area contributed by atoms with Crippen LogP contribution in [0.25, 0.3) is 11.2 Å². The topological polar surface area (TPSA) is 154 Å². The number of rotatable bonds is 10. The van der Waals surface area contributed by atoms with Gasteiger partial charge in [0.2, 0.25) is 11.8 Å². The zero-order chi connectivity index (χ0) is 32.7. The van der Waals surface area contributed by atoms with E-state index < -0.39 is 6.09 Å². The summed E-state index contributed by atoms with van der Waals surface area (Å²) in [5, 5.41) is 10.6. The molecule has 0 saturated carbocycles. The molecule has 3 rings (SSSR count). The first kappa shape index (κ1) is 36.5. The molecule has 0 aliphatic heterocycles. The van der Waals surface area contributed by atoms with Crippen molar-refractivity contribution >= 4 is 34.8 Å². The minimum absolute atomic E-state index is 0.110. The summed E-state index contributed by atoms with van der Waals surface area (Å²) in [5.74, 6) is -0.0631. The summed E-state index contributed by atoms with van der Waals surface area (Å²) in [6.45, 7) is 8.13. The molecule has 3 aromatic rings. The highest BCUT2D eigenvalue weighted by atomic mass is 19.1. The number of carbonyl (C=O) groups excluding carboxylic acids is 2. The van der Waals surface area contributed by atoms with E-state index in [-0.39, 0.29) is 47.8 Å². The third-order valence-corrected chi connectivity index (χ3v) is 5.71. The number of aromatic amines is 1. The smallest absolute Gasteiger partial charge is 0.406 e. The summed E-state index contributed by atoms with van der Waals surface area (Å²) >= 11 is 0. The molecule has 0 atom stereocenters. The van der Waals surface area contributed by atoms with Crippen molar-refractivity contribution in [1.29, 1.82) is 0 Å². The second kappa shape index (κ2) is 18.1. The lowest BCUT2D eigenvalue weighted by molar-refractivity contribution is -0.123. The van der Waals surface area contributed by atoms with Crippen LogP contribution in [0.4, 0.5) is 14.9 Å². The molecule has 3 N–H and O–H groups in total. The van der Waals surface area contributed by atoms with Gasteiger partial charge in [0, 0.05) is 46.4 Å². The Hall–Kier alpha value is -4.55. The van der Waals surface area contributed by atoms with Crippen molar-refractivity contribution in [3.05, 3.63) is 64.2 Å². The van der Waals surface area contributed by atoms with Gasteiger partial charge in [-0.15, -0.1) is 0 Å². The van der Waals surface area contributed by atoms with Crippen LogP contribution in [-0.2, 0) is 22.6 Å². The molecule has 0 radical (unpaired) electrons. The predicted molar refractivity (Wildman–Crippen MR) is 166 cm³/mol. The molecule has 3 amide bonds. The SMILES string of the molecule is CC.CC(C)Cc1c(F)cnc2nc(Cn3cccc(NC(=O)CCC/C=C/C(=O)N(C)C)c3=O)[nH]c12.CN(C)C(=O)O. The van der Waals surface area contributed by atoms with Crippen molar-refractivity contribution in [1.82, 2.24) is 29.3 Å². The van der Waals surface area contributed by atoms with Gasteiger partial charge in [0.05, 0.1) is 18.3 Å². The van der Waals surface area contributed by atoms with Crippen LogP contribution in [0.15, 0.2) is 41.5 Å². The van der Waals surface area contributed by atoms with Gasteiger partial charge in [-0.05, 0) is 43.4 Å². The fourth-order valence-electron chi connectivity index (χ4n) is 3.56. The van der Waals surface area contributed by atoms with E-state index in [4.69, 9.17) is 5.11 Å². The number of hydrogen-bond donors (Lipinski definition) is 3. The van der Waals surface area contributed by atoms with E-state index in [1.165, 1.54) is 35.8 Å². The number of fused-ring (bicyclic) bond motifs is 1. The molecule has 12 nitrogen and oxygen atoms in total. The maximum Gasteiger partial charge on any atom is 0.406 e. The van der Waals surface area contributed by atoms with Crippen LogP contribution in [0.1, 0.15) is 58.3 Å². The Morgan fingerprint density at radius 2 is 1.81 bits per heavy atom. The number of imidazole rings is 1. The number of aromatic nitrogens is 4. The van der Waals surface area contributed by atoms with Gasteiger partial charge in [-0.25, -0.2) is 19.2 Å². The number of hydrogen-bond acceptors (Lipinski definition) is 6. The second-order valence-corrected chi connectivity index (χ2v) is 10.2. The monoisotopic (exact) mass is 601 g/mol. The number of unbranched alkanes of at least 4 members (excludes halogenated alkanes) is 1. The molecule has 0 unspecified atom stereocenters. The molecule has 236 valence electrons. The average molecular weight is 602 g/mol. The van der Waals surface area contributed by atoms with E-state index in [1.807, 2.05) is 27.7 Å². The van der Waals surface area contributed by atoms with E-state index in [2.05, 4.69) is 20.3 Å². The molecule has 0 fully saturated rings. The van der Waals surface area contributed by atoms with Gasteiger partial charge in [-0.1, -0.05) is 33.8 Å². The van der Waals surface area contributed by atoms with E-state index in [0.29, 0.717) is 41.8 Å². The van der Waals surface area contributed by atoms with Gasteiger partial charge < -0.3 is 29.8 Å².